The van der Waals surface area contributed by atoms with Gasteiger partial charge in [0.2, 0.25) is 10.0 Å². The van der Waals surface area contributed by atoms with E-state index in [1.807, 2.05) is 0 Å². The number of para-hydroxylation sites is 2. The molecule has 0 fully saturated rings. The first kappa shape index (κ1) is 21.6. The Bertz CT molecular complexity index is 1500. The topological polar surface area (TPSA) is 154 Å². The normalized spacial score (nSPS) is 11.9. The van der Waals surface area contributed by atoms with Crippen LogP contribution in [-0.2, 0) is 20.0 Å². The van der Waals surface area contributed by atoms with Crippen molar-refractivity contribution in [1.82, 2.24) is 4.98 Å². The Morgan fingerprint density at radius 1 is 0.938 bits per heavy atom. The van der Waals surface area contributed by atoms with Crippen molar-refractivity contribution in [2.75, 3.05) is 17.1 Å². The summed E-state index contributed by atoms with van der Waals surface area (Å²) in [4.78, 5) is 4.22. The Morgan fingerprint density at radius 3 is 2.31 bits per heavy atom. The highest BCUT2D eigenvalue weighted by molar-refractivity contribution is 7.92. The summed E-state index contributed by atoms with van der Waals surface area (Å²) in [5, 5.41) is 7.97. The first-order valence-corrected chi connectivity index (χ1v) is 12.1. The van der Waals surface area contributed by atoms with Crippen molar-refractivity contribution >= 4 is 48.5 Å². The van der Waals surface area contributed by atoms with Gasteiger partial charge >= 0.3 is 0 Å². The number of nitrogens with two attached hydrogens (primary N) is 1. The molecule has 0 atom stereocenters. The molecule has 3 aromatic carbocycles. The quantitative estimate of drug-likeness (QED) is 0.369. The molecule has 0 amide bonds. The summed E-state index contributed by atoms with van der Waals surface area (Å²) in [6.07, 6.45) is 0. The Labute approximate surface area is 184 Å². The summed E-state index contributed by atoms with van der Waals surface area (Å²) in [5.41, 5.74) is 1.50. The Morgan fingerprint density at radius 2 is 1.62 bits per heavy atom. The number of oxazole rings is 1. The van der Waals surface area contributed by atoms with Gasteiger partial charge in [-0.15, -0.1) is 0 Å². The van der Waals surface area contributed by atoms with E-state index in [1.165, 1.54) is 49.6 Å². The van der Waals surface area contributed by atoms with Gasteiger partial charge in [-0.05, 0) is 54.6 Å². The lowest BCUT2D eigenvalue weighted by atomic mass is 10.3. The number of hydrogen-bond acceptors (Lipinski definition) is 8. The van der Waals surface area contributed by atoms with E-state index < -0.39 is 20.0 Å². The minimum Gasteiger partial charge on any atom is -0.495 e. The lowest BCUT2D eigenvalue weighted by Crippen LogP contribution is -2.13. The molecule has 0 saturated carbocycles. The second-order valence-electron chi connectivity index (χ2n) is 6.65. The zero-order valence-corrected chi connectivity index (χ0v) is 18.3. The standard InChI is InChI=1S/C20H18N4O6S2/c1-29-18-5-3-2-4-16(18)24-32(27,28)15-10-11-19-17(12-15)23-20(30-19)22-13-6-8-14(9-7-13)31(21,25)26/h2-12,24H,1H3,(H,22,23)(H2,21,25,26). The van der Waals surface area contributed by atoms with Crippen LogP contribution in [0.3, 0.4) is 0 Å². The van der Waals surface area contributed by atoms with Crippen molar-refractivity contribution in [2.24, 2.45) is 5.14 Å². The van der Waals surface area contributed by atoms with E-state index in [-0.39, 0.29) is 15.8 Å². The monoisotopic (exact) mass is 474 g/mol. The van der Waals surface area contributed by atoms with Crippen molar-refractivity contribution < 1.29 is 26.0 Å². The predicted molar refractivity (Wildman–Crippen MR) is 119 cm³/mol. The Kier molecular flexibility index (Phi) is 5.50. The van der Waals surface area contributed by atoms with Gasteiger partial charge in [0.05, 0.1) is 22.6 Å². The van der Waals surface area contributed by atoms with Crippen LogP contribution in [0, 0.1) is 0 Å². The number of anilines is 3. The zero-order valence-electron chi connectivity index (χ0n) is 16.6. The minimum absolute atomic E-state index is 0.00624. The van der Waals surface area contributed by atoms with Crippen LogP contribution in [0.5, 0.6) is 5.75 Å². The largest absolute Gasteiger partial charge is 0.495 e. The number of sulfonamides is 2. The van der Waals surface area contributed by atoms with Crippen LogP contribution in [0.4, 0.5) is 17.4 Å². The number of rotatable bonds is 7. The highest BCUT2D eigenvalue weighted by Crippen LogP contribution is 2.28. The van der Waals surface area contributed by atoms with Gasteiger partial charge in [0.15, 0.2) is 5.58 Å². The van der Waals surface area contributed by atoms with Gasteiger partial charge in [-0.2, -0.15) is 4.98 Å². The molecule has 0 saturated heterocycles. The maximum absolute atomic E-state index is 12.8. The van der Waals surface area contributed by atoms with Crippen LogP contribution in [0.1, 0.15) is 0 Å². The van der Waals surface area contributed by atoms with Gasteiger partial charge in [0.1, 0.15) is 11.3 Å². The number of primary sulfonamides is 1. The summed E-state index contributed by atoms with van der Waals surface area (Å²) in [6.45, 7) is 0. The molecule has 1 heterocycles. The van der Waals surface area contributed by atoms with Gasteiger partial charge in [0.25, 0.3) is 16.0 Å². The highest BCUT2D eigenvalue weighted by atomic mass is 32.2. The summed E-state index contributed by atoms with van der Waals surface area (Å²) >= 11 is 0. The first-order valence-electron chi connectivity index (χ1n) is 9.12. The highest BCUT2D eigenvalue weighted by Gasteiger charge is 2.18. The number of hydrogen-bond donors (Lipinski definition) is 3. The fourth-order valence-corrected chi connectivity index (χ4v) is 4.52. The summed E-state index contributed by atoms with van der Waals surface area (Å²) in [7, 11) is -6.25. The SMILES string of the molecule is COc1ccccc1NS(=O)(=O)c1ccc2oc(Nc3ccc(S(N)(=O)=O)cc3)nc2c1. The third kappa shape index (κ3) is 4.51. The van der Waals surface area contributed by atoms with Crippen LogP contribution in [0.2, 0.25) is 0 Å². The number of aromatic nitrogens is 1. The smallest absolute Gasteiger partial charge is 0.300 e. The van der Waals surface area contributed by atoms with Gasteiger partial charge < -0.3 is 14.5 Å². The van der Waals surface area contributed by atoms with Crippen molar-refractivity contribution in [3.05, 3.63) is 66.7 Å². The molecule has 0 unspecified atom stereocenters. The molecule has 4 rings (SSSR count). The number of nitrogens with zero attached hydrogens (tertiary/aromatic N) is 1. The average Bonchev–Trinajstić information content (AvgIpc) is 3.15. The summed E-state index contributed by atoms with van der Waals surface area (Å²) in [5.74, 6) is 0.388. The van der Waals surface area contributed by atoms with E-state index in [1.54, 1.807) is 24.3 Å². The molecule has 32 heavy (non-hydrogen) atoms. The second kappa shape index (κ2) is 8.15. The first-order chi connectivity index (χ1) is 15.2. The van der Waals surface area contributed by atoms with Crippen LogP contribution in [-0.4, -0.2) is 28.9 Å². The fourth-order valence-electron chi connectivity index (χ4n) is 2.91. The third-order valence-electron chi connectivity index (χ3n) is 4.45. The minimum atomic E-state index is -3.91. The van der Waals surface area contributed by atoms with Crippen LogP contribution in [0.25, 0.3) is 11.1 Å². The van der Waals surface area contributed by atoms with Crippen molar-refractivity contribution in [3.63, 3.8) is 0 Å². The van der Waals surface area contributed by atoms with Crippen LogP contribution >= 0.6 is 0 Å². The Balaban J connectivity index is 1.59. The molecule has 0 aliphatic rings. The van der Waals surface area contributed by atoms with E-state index in [4.69, 9.17) is 14.3 Å². The Hall–Kier alpha value is -3.61. The maximum atomic E-state index is 12.8. The van der Waals surface area contributed by atoms with E-state index in [9.17, 15) is 16.8 Å². The third-order valence-corrected chi connectivity index (χ3v) is 6.75. The molecule has 166 valence electrons. The lowest BCUT2D eigenvalue weighted by Gasteiger charge is -2.11. The number of benzene rings is 3. The van der Waals surface area contributed by atoms with Crippen molar-refractivity contribution in [3.8, 4) is 5.75 Å². The molecule has 1 aromatic heterocycles. The molecule has 10 nitrogen and oxygen atoms in total. The molecule has 0 radical (unpaired) electrons. The molecule has 0 spiro atoms. The number of nitrogens with one attached hydrogen (secondary N) is 2. The van der Waals surface area contributed by atoms with E-state index >= 15 is 0 Å². The van der Waals surface area contributed by atoms with Crippen LogP contribution in [0.15, 0.2) is 80.9 Å². The van der Waals surface area contributed by atoms with Crippen molar-refractivity contribution in [1.29, 1.82) is 0 Å². The average molecular weight is 475 g/mol. The van der Waals surface area contributed by atoms with E-state index in [2.05, 4.69) is 15.0 Å². The second-order valence-corrected chi connectivity index (χ2v) is 9.89. The number of methoxy groups -OCH3 is 1. The molecule has 4 N–H and O–H groups in total. The summed E-state index contributed by atoms with van der Waals surface area (Å²) in [6, 6.07) is 16.7. The van der Waals surface area contributed by atoms with Gasteiger partial charge in [-0.3, -0.25) is 4.72 Å². The van der Waals surface area contributed by atoms with Crippen LogP contribution < -0.4 is 19.9 Å². The predicted octanol–water partition coefficient (Wildman–Crippen LogP) is 3.03. The lowest BCUT2D eigenvalue weighted by molar-refractivity contribution is 0.417. The van der Waals surface area contributed by atoms with E-state index in [0.29, 0.717) is 28.2 Å². The van der Waals surface area contributed by atoms with E-state index in [0.717, 1.165) is 0 Å². The summed E-state index contributed by atoms with van der Waals surface area (Å²) < 4.78 is 61.6. The zero-order chi connectivity index (χ0) is 22.9. The van der Waals surface area contributed by atoms with Gasteiger partial charge in [-0.25, -0.2) is 22.0 Å². The molecule has 0 aliphatic heterocycles. The molecular formula is C20H18N4O6S2. The van der Waals surface area contributed by atoms with Gasteiger partial charge in [0, 0.05) is 5.69 Å². The molecule has 4 aromatic rings. The number of ether oxygens (including phenoxy) is 1. The van der Waals surface area contributed by atoms with Gasteiger partial charge in [-0.1, -0.05) is 12.1 Å². The molecule has 12 heteroatoms. The molecular weight excluding hydrogens is 456 g/mol. The maximum Gasteiger partial charge on any atom is 0.300 e. The fraction of sp³-hybridized carbons (Fsp3) is 0.0500. The molecule has 0 bridgehead atoms. The van der Waals surface area contributed by atoms with Crippen molar-refractivity contribution in [2.45, 2.75) is 9.79 Å². The molecule has 0 aliphatic carbocycles. The number of fused-ring (bicyclic) bond motifs is 1.